The van der Waals surface area contributed by atoms with Crippen molar-refractivity contribution in [1.82, 2.24) is 0 Å². The summed E-state index contributed by atoms with van der Waals surface area (Å²) in [7, 11) is 0. The zero-order valence-corrected chi connectivity index (χ0v) is 7.83. The first-order valence-electron chi connectivity index (χ1n) is 4.83. The Balaban J connectivity index is 2.08. The van der Waals surface area contributed by atoms with E-state index >= 15 is 0 Å². The van der Waals surface area contributed by atoms with Gasteiger partial charge >= 0.3 is 0 Å². The SMILES string of the molecule is C[C@H]1O[C@H]1CC(CN)CCCN. The van der Waals surface area contributed by atoms with Crippen molar-refractivity contribution in [3.63, 3.8) is 0 Å². The lowest BCUT2D eigenvalue weighted by atomic mass is 9.97. The maximum absolute atomic E-state index is 5.64. The maximum atomic E-state index is 5.64. The van der Waals surface area contributed by atoms with Crippen LogP contribution < -0.4 is 11.5 Å². The van der Waals surface area contributed by atoms with Crippen LogP contribution in [0.1, 0.15) is 26.2 Å². The fourth-order valence-electron chi connectivity index (χ4n) is 1.54. The van der Waals surface area contributed by atoms with Gasteiger partial charge in [0.25, 0.3) is 0 Å². The number of rotatable bonds is 6. The van der Waals surface area contributed by atoms with Crippen LogP contribution in [-0.4, -0.2) is 25.3 Å². The monoisotopic (exact) mass is 172 g/mol. The lowest BCUT2D eigenvalue weighted by Crippen LogP contribution is -2.18. The number of nitrogens with two attached hydrogens (primary N) is 2. The van der Waals surface area contributed by atoms with Gasteiger partial charge in [-0.3, -0.25) is 0 Å². The van der Waals surface area contributed by atoms with Crippen LogP contribution in [0.15, 0.2) is 0 Å². The Bertz CT molecular complexity index is 130. The van der Waals surface area contributed by atoms with Crippen molar-refractivity contribution in [3.8, 4) is 0 Å². The molecule has 1 rings (SSSR count). The van der Waals surface area contributed by atoms with Gasteiger partial charge < -0.3 is 16.2 Å². The molecule has 0 aromatic rings. The number of hydrogen-bond acceptors (Lipinski definition) is 3. The van der Waals surface area contributed by atoms with E-state index in [1.54, 1.807) is 0 Å². The molecule has 1 fully saturated rings. The van der Waals surface area contributed by atoms with Crippen molar-refractivity contribution in [3.05, 3.63) is 0 Å². The summed E-state index contributed by atoms with van der Waals surface area (Å²) < 4.78 is 5.34. The van der Waals surface area contributed by atoms with Crippen LogP contribution in [0.3, 0.4) is 0 Å². The highest BCUT2D eigenvalue weighted by atomic mass is 16.6. The Kier molecular flexibility index (Phi) is 3.98. The van der Waals surface area contributed by atoms with Crippen molar-refractivity contribution in [2.24, 2.45) is 17.4 Å². The fraction of sp³-hybridized carbons (Fsp3) is 1.00. The zero-order valence-electron chi connectivity index (χ0n) is 7.83. The summed E-state index contributed by atoms with van der Waals surface area (Å²) in [6.07, 6.45) is 4.31. The molecular weight excluding hydrogens is 152 g/mol. The van der Waals surface area contributed by atoms with Gasteiger partial charge in [-0.05, 0) is 45.2 Å². The first kappa shape index (κ1) is 9.96. The van der Waals surface area contributed by atoms with Gasteiger partial charge in [0.1, 0.15) is 0 Å². The van der Waals surface area contributed by atoms with Crippen LogP contribution in [0.4, 0.5) is 0 Å². The maximum Gasteiger partial charge on any atom is 0.0842 e. The molecule has 12 heavy (non-hydrogen) atoms. The van der Waals surface area contributed by atoms with E-state index in [-0.39, 0.29) is 0 Å². The Morgan fingerprint density at radius 3 is 2.50 bits per heavy atom. The Morgan fingerprint density at radius 1 is 1.42 bits per heavy atom. The van der Waals surface area contributed by atoms with Crippen molar-refractivity contribution >= 4 is 0 Å². The molecule has 0 bridgehead atoms. The first-order valence-corrected chi connectivity index (χ1v) is 4.83. The fourth-order valence-corrected chi connectivity index (χ4v) is 1.54. The molecule has 1 aliphatic heterocycles. The standard InChI is InChI=1S/C9H20N2O/c1-7-9(12-7)5-8(6-11)3-2-4-10/h7-9H,2-6,10-11H2,1H3/t7-,8?,9+/m1/s1. The third kappa shape index (κ3) is 3.09. The summed E-state index contributed by atoms with van der Waals surface area (Å²) in [4.78, 5) is 0. The van der Waals surface area contributed by atoms with Gasteiger partial charge in [-0.2, -0.15) is 0 Å². The highest BCUT2D eigenvalue weighted by molar-refractivity contribution is 4.83. The topological polar surface area (TPSA) is 64.6 Å². The molecule has 0 aromatic heterocycles. The van der Waals surface area contributed by atoms with E-state index in [2.05, 4.69) is 6.92 Å². The molecule has 0 radical (unpaired) electrons. The Hall–Kier alpha value is -0.120. The van der Waals surface area contributed by atoms with Crippen molar-refractivity contribution in [2.45, 2.75) is 38.4 Å². The van der Waals surface area contributed by atoms with Crippen LogP contribution in [0.5, 0.6) is 0 Å². The molecule has 4 N–H and O–H groups in total. The Labute approximate surface area is 74.4 Å². The van der Waals surface area contributed by atoms with Gasteiger partial charge in [0.05, 0.1) is 12.2 Å². The highest BCUT2D eigenvalue weighted by Crippen LogP contribution is 2.28. The van der Waals surface area contributed by atoms with Crippen molar-refractivity contribution in [2.75, 3.05) is 13.1 Å². The molecule has 3 heteroatoms. The van der Waals surface area contributed by atoms with Crippen LogP contribution >= 0.6 is 0 Å². The summed E-state index contributed by atoms with van der Waals surface area (Å²) >= 11 is 0. The molecule has 1 heterocycles. The summed E-state index contributed by atoms with van der Waals surface area (Å²) in [5, 5.41) is 0. The second-order valence-electron chi connectivity index (χ2n) is 3.65. The molecule has 72 valence electrons. The van der Waals surface area contributed by atoms with E-state index in [4.69, 9.17) is 16.2 Å². The predicted molar refractivity (Wildman–Crippen MR) is 49.8 cm³/mol. The summed E-state index contributed by atoms with van der Waals surface area (Å²) in [6.45, 7) is 3.66. The van der Waals surface area contributed by atoms with E-state index in [1.807, 2.05) is 0 Å². The number of ether oxygens (including phenoxy) is 1. The normalized spacial score (nSPS) is 30.2. The van der Waals surface area contributed by atoms with Gasteiger partial charge in [0.2, 0.25) is 0 Å². The zero-order chi connectivity index (χ0) is 8.97. The molecule has 0 spiro atoms. The largest absolute Gasteiger partial charge is 0.370 e. The lowest BCUT2D eigenvalue weighted by Gasteiger charge is -2.11. The summed E-state index contributed by atoms with van der Waals surface area (Å²) in [5.74, 6) is 0.614. The summed E-state index contributed by atoms with van der Waals surface area (Å²) in [5.41, 5.74) is 11.1. The minimum Gasteiger partial charge on any atom is -0.370 e. The van der Waals surface area contributed by atoms with E-state index in [0.717, 1.165) is 32.4 Å². The van der Waals surface area contributed by atoms with Crippen LogP contribution in [-0.2, 0) is 4.74 Å². The van der Waals surface area contributed by atoms with Gasteiger partial charge in [0, 0.05) is 0 Å². The Morgan fingerprint density at radius 2 is 2.08 bits per heavy atom. The third-order valence-electron chi connectivity index (χ3n) is 2.55. The molecule has 0 aliphatic carbocycles. The smallest absolute Gasteiger partial charge is 0.0842 e. The van der Waals surface area contributed by atoms with Gasteiger partial charge in [-0.15, -0.1) is 0 Å². The molecule has 0 aromatic carbocycles. The quantitative estimate of drug-likeness (QED) is 0.573. The molecule has 3 atom stereocenters. The molecule has 0 saturated carbocycles. The first-order chi connectivity index (χ1) is 5.77. The van der Waals surface area contributed by atoms with Crippen molar-refractivity contribution in [1.29, 1.82) is 0 Å². The highest BCUT2D eigenvalue weighted by Gasteiger charge is 2.35. The molecule has 0 amide bonds. The minimum absolute atomic E-state index is 0.469. The summed E-state index contributed by atoms with van der Waals surface area (Å²) in [6, 6.07) is 0. The molecule has 1 aliphatic rings. The van der Waals surface area contributed by atoms with Gasteiger partial charge in [-0.1, -0.05) is 0 Å². The van der Waals surface area contributed by atoms with Crippen molar-refractivity contribution < 1.29 is 4.74 Å². The van der Waals surface area contributed by atoms with Crippen LogP contribution in [0, 0.1) is 5.92 Å². The van der Waals surface area contributed by atoms with E-state index < -0.39 is 0 Å². The van der Waals surface area contributed by atoms with Crippen LogP contribution in [0.25, 0.3) is 0 Å². The average Bonchev–Trinajstić information content (AvgIpc) is 2.75. The van der Waals surface area contributed by atoms with Gasteiger partial charge in [0.15, 0.2) is 0 Å². The average molecular weight is 172 g/mol. The van der Waals surface area contributed by atoms with Crippen LogP contribution in [0.2, 0.25) is 0 Å². The molecule has 1 saturated heterocycles. The van der Waals surface area contributed by atoms with E-state index in [1.165, 1.54) is 0 Å². The minimum atomic E-state index is 0.469. The van der Waals surface area contributed by atoms with E-state index in [0.29, 0.717) is 18.1 Å². The third-order valence-corrected chi connectivity index (χ3v) is 2.55. The van der Waals surface area contributed by atoms with Gasteiger partial charge in [-0.25, -0.2) is 0 Å². The number of hydrogen-bond donors (Lipinski definition) is 2. The number of epoxide rings is 1. The molecule has 1 unspecified atom stereocenters. The molecule has 3 nitrogen and oxygen atoms in total. The second kappa shape index (κ2) is 4.80. The molecular formula is C9H20N2O. The predicted octanol–water partition coefficient (Wildman–Crippen LogP) is 0.478. The van der Waals surface area contributed by atoms with E-state index in [9.17, 15) is 0 Å². The second-order valence-corrected chi connectivity index (χ2v) is 3.65. The lowest BCUT2D eigenvalue weighted by molar-refractivity contribution is 0.331.